The SMILES string of the molecule is Cc1ccc(C)c(Sc2c(C)c(C)c(CCCCC(=O)O)c(CCCCC(=O)O)c2C)c1C.O=C(O)CCCCc1ccc(Sc2ccccc2)cc1.c1ccc(Sc2ccccc2)cc1. The van der Waals surface area contributed by atoms with Crippen LogP contribution in [0.1, 0.15) is 108 Å². The quantitative estimate of drug-likeness (QED) is 0.0607. The molecule has 0 aliphatic rings. The van der Waals surface area contributed by atoms with E-state index in [9.17, 15) is 14.4 Å². The number of benzene rings is 6. The summed E-state index contributed by atoms with van der Waals surface area (Å²) >= 11 is 5.39. The molecule has 9 heteroatoms. The molecule has 66 heavy (non-hydrogen) atoms. The molecular formula is C57H66O6S3. The molecular weight excluding hydrogens is 877 g/mol. The van der Waals surface area contributed by atoms with Gasteiger partial charge in [0.25, 0.3) is 0 Å². The average Bonchev–Trinajstić information content (AvgIpc) is 3.30. The van der Waals surface area contributed by atoms with Crippen LogP contribution in [0.4, 0.5) is 0 Å². The number of unbranched alkanes of at least 4 members (excludes halogenated alkanes) is 3. The first-order valence-corrected chi connectivity index (χ1v) is 25.3. The molecule has 0 bridgehead atoms. The summed E-state index contributed by atoms with van der Waals surface area (Å²) in [7, 11) is 0. The lowest BCUT2D eigenvalue weighted by Crippen LogP contribution is -2.07. The van der Waals surface area contributed by atoms with Gasteiger partial charge in [-0.1, -0.05) is 114 Å². The highest BCUT2D eigenvalue weighted by atomic mass is 32.2. The van der Waals surface area contributed by atoms with E-state index in [1.807, 2.05) is 42.1 Å². The van der Waals surface area contributed by atoms with E-state index in [0.717, 1.165) is 44.9 Å². The van der Waals surface area contributed by atoms with Gasteiger partial charge in [0.05, 0.1) is 0 Å². The van der Waals surface area contributed by atoms with Crippen LogP contribution in [-0.2, 0) is 33.6 Å². The summed E-state index contributed by atoms with van der Waals surface area (Å²) in [5, 5.41) is 26.6. The maximum Gasteiger partial charge on any atom is 0.303 e. The smallest absolute Gasteiger partial charge is 0.303 e. The lowest BCUT2D eigenvalue weighted by atomic mass is 9.87. The van der Waals surface area contributed by atoms with Gasteiger partial charge in [-0.15, -0.1) is 0 Å². The first-order chi connectivity index (χ1) is 31.7. The van der Waals surface area contributed by atoms with E-state index in [1.54, 1.807) is 23.5 Å². The summed E-state index contributed by atoms with van der Waals surface area (Å²) in [5.74, 6) is -2.20. The molecule has 6 aromatic carbocycles. The number of hydrogen-bond acceptors (Lipinski definition) is 6. The molecule has 0 atom stereocenters. The van der Waals surface area contributed by atoms with Crippen LogP contribution in [-0.4, -0.2) is 33.2 Å². The zero-order valence-electron chi connectivity index (χ0n) is 39.4. The standard InChI is InChI=1S/C28H38O4S.C17H18O2S.C12H10S/c1-17-15-16-18(2)27(19(17)3)33-28-21(5)20(4)23(11-7-9-13-25(29)30)24(22(28)6)12-8-10-14-26(31)32;18-17(19)9-5-4-6-14-10-12-16(13-11-14)20-15-7-2-1-3-8-15;1-3-7-11(8-4-1)13-12-9-5-2-6-10-12/h15-16H,7-14H2,1-6H3,(H,29,30)(H,31,32);1-3,7-8,10-13H,4-6,9H2,(H,18,19);1-10H. The number of hydrogen-bond donors (Lipinski definition) is 3. The predicted octanol–water partition coefficient (Wildman–Crippen LogP) is 15.8. The second-order valence-electron chi connectivity index (χ2n) is 16.5. The van der Waals surface area contributed by atoms with E-state index in [-0.39, 0.29) is 19.3 Å². The van der Waals surface area contributed by atoms with Crippen LogP contribution in [0.25, 0.3) is 0 Å². The molecule has 0 amide bonds. The van der Waals surface area contributed by atoms with Gasteiger partial charge in [-0.3, -0.25) is 14.4 Å². The largest absolute Gasteiger partial charge is 0.481 e. The topological polar surface area (TPSA) is 112 Å². The number of aryl methyl sites for hydroxylation is 3. The summed E-state index contributed by atoms with van der Waals surface area (Å²) in [6.07, 6.45) is 8.02. The maximum atomic E-state index is 11.0. The van der Waals surface area contributed by atoms with Gasteiger partial charge in [0.1, 0.15) is 0 Å². The van der Waals surface area contributed by atoms with E-state index in [4.69, 9.17) is 15.3 Å². The van der Waals surface area contributed by atoms with E-state index in [2.05, 4.69) is 139 Å². The Morgan fingerprint density at radius 2 is 0.742 bits per heavy atom. The lowest BCUT2D eigenvalue weighted by Gasteiger charge is -2.23. The Morgan fingerprint density at radius 1 is 0.364 bits per heavy atom. The minimum Gasteiger partial charge on any atom is -0.481 e. The van der Waals surface area contributed by atoms with E-state index < -0.39 is 17.9 Å². The Labute approximate surface area is 406 Å². The molecule has 0 aromatic heterocycles. The summed E-state index contributed by atoms with van der Waals surface area (Å²) in [4.78, 5) is 40.0. The van der Waals surface area contributed by atoms with Crippen LogP contribution in [0.2, 0.25) is 0 Å². The molecule has 0 unspecified atom stereocenters. The molecule has 348 valence electrons. The number of rotatable bonds is 21. The highest BCUT2D eigenvalue weighted by Gasteiger charge is 2.20. The van der Waals surface area contributed by atoms with Crippen LogP contribution in [0.15, 0.2) is 157 Å². The molecule has 3 N–H and O–H groups in total. The van der Waals surface area contributed by atoms with Crippen LogP contribution in [0, 0.1) is 41.5 Å². The molecule has 0 aliphatic heterocycles. The van der Waals surface area contributed by atoms with Crippen molar-refractivity contribution in [3.8, 4) is 0 Å². The zero-order valence-corrected chi connectivity index (χ0v) is 41.9. The molecule has 0 fully saturated rings. The van der Waals surface area contributed by atoms with Gasteiger partial charge in [-0.25, -0.2) is 0 Å². The molecule has 0 saturated carbocycles. The van der Waals surface area contributed by atoms with Crippen molar-refractivity contribution in [3.05, 3.63) is 177 Å². The number of carboxylic acids is 3. The molecule has 0 saturated heterocycles. The monoisotopic (exact) mass is 942 g/mol. The van der Waals surface area contributed by atoms with E-state index in [0.29, 0.717) is 12.8 Å². The summed E-state index contributed by atoms with van der Waals surface area (Å²) in [6.45, 7) is 13.1. The van der Waals surface area contributed by atoms with E-state index >= 15 is 0 Å². The molecule has 0 aliphatic carbocycles. The third kappa shape index (κ3) is 18.6. The van der Waals surface area contributed by atoms with Gasteiger partial charge >= 0.3 is 17.9 Å². The van der Waals surface area contributed by atoms with Gasteiger partial charge < -0.3 is 15.3 Å². The van der Waals surface area contributed by atoms with E-state index in [1.165, 1.54) is 79.4 Å². The van der Waals surface area contributed by atoms with Crippen molar-refractivity contribution >= 4 is 53.2 Å². The first kappa shape index (κ1) is 53.4. The summed E-state index contributed by atoms with van der Waals surface area (Å²) in [5.41, 5.74) is 11.7. The van der Waals surface area contributed by atoms with Crippen LogP contribution in [0.5, 0.6) is 0 Å². The van der Waals surface area contributed by atoms with Crippen molar-refractivity contribution in [1.29, 1.82) is 0 Å². The normalized spacial score (nSPS) is 10.6. The van der Waals surface area contributed by atoms with Crippen molar-refractivity contribution in [2.45, 2.75) is 148 Å². The molecule has 6 aromatic rings. The van der Waals surface area contributed by atoms with Crippen molar-refractivity contribution in [3.63, 3.8) is 0 Å². The second kappa shape index (κ2) is 28.7. The molecule has 0 heterocycles. The average molecular weight is 943 g/mol. The Balaban J connectivity index is 0.000000242. The minimum atomic E-state index is -0.748. The first-order valence-electron chi connectivity index (χ1n) is 22.8. The summed E-state index contributed by atoms with van der Waals surface area (Å²) in [6, 6.07) is 44.0. The Bertz CT molecular complexity index is 2400. The number of aliphatic carboxylic acids is 3. The fourth-order valence-corrected chi connectivity index (χ4v) is 10.5. The Kier molecular flexibility index (Phi) is 23.2. The highest BCUT2D eigenvalue weighted by molar-refractivity contribution is 8.00. The summed E-state index contributed by atoms with van der Waals surface area (Å²) < 4.78 is 0. The Morgan fingerprint density at radius 3 is 1.17 bits per heavy atom. The fourth-order valence-electron chi connectivity index (χ4n) is 7.51. The molecule has 0 radical (unpaired) electrons. The Hall–Kier alpha value is -5.22. The van der Waals surface area contributed by atoms with Gasteiger partial charge in [0, 0.05) is 48.6 Å². The second-order valence-corrected chi connectivity index (χ2v) is 19.8. The number of carboxylic acid groups (broad SMARTS) is 3. The van der Waals surface area contributed by atoms with Gasteiger partial charge in [-0.2, -0.15) is 0 Å². The van der Waals surface area contributed by atoms with Crippen molar-refractivity contribution in [2.75, 3.05) is 0 Å². The molecule has 6 rings (SSSR count). The third-order valence-electron chi connectivity index (χ3n) is 11.5. The van der Waals surface area contributed by atoms with Crippen molar-refractivity contribution < 1.29 is 29.7 Å². The highest BCUT2D eigenvalue weighted by Crippen LogP contribution is 2.42. The van der Waals surface area contributed by atoms with Crippen LogP contribution >= 0.6 is 35.3 Å². The fraction of sp³-hybridized carbons (Fsp3) is 0.316. The zero-order chi connectivity index (χ0) is 47.8. The van der Waals surface area contributed by atoms with Crippen molar-refractivity contribution in [2.24, 2.45) is 0 Å². The molecule has 0 spiro atoms. The minimum absolute atomic E-state index is 0.196. The van der Waals surface area contributed by atoms with Crippen molar-refractivity contribution in [1.82, 2.24) is 0 Å². The number of carbonyl (C=O) groups is 3. The van der Waals surface area contributed by atoms with Gasteiger partial charge in [-0.05, 0) is 198 Å². The predicted molar refractivity (Wildman–Crippen MR) is 275 cm³/mol. The van der Waals surface area contributed by atoms with Gasteiger partial charge in [0.15, 0.2) is 0 Å². The lowest BCUT2D eigenvalue weighted by molar-refractivity contribution is -0.138. The molecule has 6 nitrogen and oxygen atoms in total. The third-order valence-corrected chi connectivity index (χ3v) is 15.1. The van der Waals surface area contributed by atoms with Crippen LogP contribution in [0.3, 0.4) is 0 Å². The van der Waals surface area contributed by atoms with Gasteiger partial charge in [0.2, 0.25) is 0 Å². The maximum absolute atomic E-state index is 11.0. The van der Waals surface area contributed by atoms with Crippen LogP contribution < -0.4 is 0 Å².